The highest BCUT2D eigenvalue weighted by molar-refractivity contribution is 7.99. The summed E-state index contributed by atoms with van der Waals surface area (Å²) in [6, 6.07) is 15.4. The van der Waals surface area contributed by atoms with E-state index in [9.17, 15) is 4.79 Å². The molecule has 1 aromatic heterocycles. The van der Waals surface area contributed by atoms with Gasteiger partial charge in [-0.25, -0.2) is 0 Å². The summed E-state index contributed by atoms with van der Waals surface area (Å²) in [5.74, 6) is -0.164. The third kappa shape index (κ3) is 3.60. The highest BCUT2D eigenvalue weighted by Crippen LogP contribution is 2.21. The van der Waals surface area contributed by atoms with E-state index in [1.165, 1.54) is 0 Å². The van der Waals surface area contributed by atoms with Crippen molar-refractivity contribution in [2.75, 3.05) is 5.75 Å². The summed E-state index contributed by atoms with van der Waals surface area (Å²) in [6.07, 6.45) is 0. The fourth-order valence-corrected chi connectivity index (χ4v) is 3.15. The number of hydrogen-bond acceptors (Lipinski definition) is 3. The number of aromatic nitrogens is 3. The van der Waals surface area contributed by atoms with Crippen LogP contribution in [0.1, 0.15) is 5.56 Å². The van der Waals surface area contributed by atoms with Crippen molar-refractivity contribution in [2.45, 2.75) is 12.1 Å². The first-order chi connectivity index (χ1) is 11.5. The van der Waals surface area contributed by atoms with Gasteiger partial charge in [0.25, 0.3) is 5.82 Å². The number of aryl methyl sites for hydroxylation is 1. The lowest BCUT2D eigenvalue weighted by atomic mass is 10.1. The fraction of sp³-hybridized carbons (Fsp3) is 0.118. The molecule has 0 atom stereocenters. The van der Waals surface area contributed by atoms with Crippen molar-refractivity contribution in [1.82, 2.24) is 10.2 Å². The van der Waals surface area contributed by atoms with Crippen molar-refractivity contribution in [1.29, 1.82) is 0 Å². The second kappa shape index (κ2) is 7.07. The normalized spacial score (nSPS) is 10.8. The number of halogens is 1. The molecule has 0 amide bonds. The van der Waals surface area contributed by atoms with Gasteiger partial charge >= 0.3 is 11.1 Å². The van der Waals surface area contributed by atoms with Gasteiger partial charge in [0.05, 0.1) is 10.7 Å². The molecule has 0 unspecified atom stereocenters. The molecule has 0 aliphatic rings. The lowest BCUT2D eigenvalue weighted by Gasteiger charge is -2.04. The predicted octanol–water partition coefficient (Wildman–Crippen LogP) is 3.49. The Hall–Kier alpha value is -2.31. The standard InChI is InChI=1S/C17H14ClN3O2S/c1-11-3-2-4-12(9-11)16-19-20-17(24-10-15(22)23)21(16)14-7-5-13(18)6-8-14/h2-9H,10H2,1H3,(H,22,23)/p+1. The second-order valence-electron chi connectivity index (χ2n) is 5.22. The van der Waals surface area contributed by atoms with Gasteiger partial charge in [0.15, 0.2) is 0 Å². The zero-order valence-electron chi connectivity index (χ0n) is 12.9. The highest BCUT2D eigenvalue weighted by Gasteiger charge is 2.24. The van der Waals surface area contributed by atoms with Gasteiger partial charge in [0.2, 0.25) is 0 Å². The number of carboxylic acids is 1. The number of H-pyrrole nitrogens is 1. The number of nitrogens with zero attached hydrogens (tertiary/aromatic N) is 2. The number of benzene rings is 2. The van der Waals surface area contributed by atoms with Gasteiger partial charge in [0, 0.05) is 5.02 Å². The molecule has 0 bridgehead atoms. The molecule has 3 aromatic rings. The predicted molar refractivity (Wildman–Crippen MR) is 93.7 cm³/mol. The summed E-state index contributed by atoms with van der Waals surface area (Å²) < 4.78 is 1.90. The Bertz CT molecular complexity index is 878. The van der Waals surface area contributed by atoms with Crippen molar-refractivity contribution in [3.05, 3.63) is 59.1 Å². The van der Waals surface area contributed by atoms with Gasteiger partial charge in [-0.05, 0) is 55.1 Å². The number of hydrogen-bond donors (Lipinski definition) is 2. The maximum absolute atomic E-state index is 10.9. The Morgan fingerprint density at radius 2 is 2.04 bits per heavy atom. The van der Waals surface area contributed by atoms with E-state index >= 15 is 0 Å². The van der Waals surface area contributed by atoms with Crippen LogP contribution in [-0.2, 0) is 4.79 Å². The second-order valence-corrected chi connectivity index (χ2v) is 6.60. The van der Waals surface area contributed by atoms with Crippen LogP contribution in [0.2, 0.25) is 5.02 Å². The molecular formula is C17H15ClN3O2S+. The smallest absolute Gasteiger partial charge is 0.342 e. The topological polar surface area (TPSA) is 69.9 Å². The van der Waals surface area contributed by atoms with E-state index in [0.29, 0.717) is 10.2 Å². The molecule has 0 aliphatic carbocycles. The van der Waals surface area contributed by atoms with Gasteiger partial charge in [-0.2, -0.15) is 4.57 Å². The average molecular weight is 361 g/mol. The monoisotopic (exact) mass is 360 g/mol. The van der Waals surface area contributed by atoms with Crippen LogP contribution in [-0.4, -0.2) is 27.0 Å². The summed E-state index contributed by atoms with van der Waals surface area (Å²) in [6.45, 7) is 2.02. The number of aromatic amines is 1. The number of rotatable bonds is 5. The molecule has 0 spiro atoms. The van der Waals surface area contributed by atoms with Gasteiger partial charge in [-0.3, -0.25) is 4.79 Å². The molecular weight excluding hydrogens is 346 g/mol. The minimum atomic E-state index is -0.886. The van der Waals surface area contributed by atoms with Crippen LogP contribution in [0.15, 0.2) is 53.7 Å². The Labute approximate surface area is 148 Å². The fourth-order valence-electron chi connectivity index (χ4n) is 2.34. The molecule has 2 N–H and O–H groups in total. The van der Waals surface area contributed by atoms with Gasteiger partial charge < -0.3 is 5.11 Å². The van der Waals surface area contributed by atoms with Crippen LogP contribution in [0.4, 0.5) is 0 Å². The van der Waals surface area contributed by atoms with Crippen molar-refractivity contribution in [3.8, 4) is 17.1 Å². The van der Waals surface area contributed by atoms with Crippen molar-refractivity contribution in [2.24, 2.45) is 0 Å². The molecule has 1 heterocycles. The minimum absolute atomic E-state index is 0.0638. The van der Waals surface area contributed by atoms with Crippen LogP contribution in [0.3, 0.4) is 0 Å². The van der Waals surface area contributed by atoms with Crippen molar-refractivity contribution >= 4 is 29.3 Å². The van der Waals surface area contributed by atoms with Crippen molar-refractivity contribution in [3.63, 3.8) is 0 Å². The maximum atomic E-state index is 10.9. The molecule has 3 rings (SSSR count). The molecule has 122 valence electrons. The molecule has 0 radical (unpaired) electrons. The lowest BCUT2D eigenvalue weighted by Crippen LogP contribution is -2.34. The van der Waals surface area contributed by atoms with Crippen LogP contribution in [0, 0.1) is 6.92 Å². The largest absolute Gasteiger partial charge is 0.481 e. The Kier molecular flexibility index (Phi) is 4.87. The van der Waals surface area contributed by atoms with E-state index in [4.69, 9.17) is 16.7 Å². The number of thioether (sulfide) groups is 1. The molecule has 0 saturated carbocycles. The summed E-state index contributed by atoms with van der Waals surface area (Å²) in [5.41, 5.74) is 2.96. The molecule has 0 fully saturated rings. The Morgan fingerprint density at radius 3 is 2.71 bits per heavy atom. The van der Waals surface area contributed by atoms with E-state index in [1.54, 1.807) is 12.1 Å². The number of nitrogens with one attached hydrogen (secondary N) is 1. The minimum Gasteiger partial charge on any atom is -0.481 e. The Balaban J connectivity index is 2.12. The maximum Gasteiger partial charge on any atom is 0.342 e. The summed E-state index contributed by atoms with van der Waals surface area (Å²) in [7, 11) is 0. The first-order valence-electron chi connectivity index (χ1n) is 7.22. The quantitative estimate of drug-likeness (QED) is 0.539. The zero-order valence-corrected chi connectivity index (χ0v) is 14.4. The average Bonchev–Trinajstić information content (AvgIpc) is 2.97. The third-order valence-electron chi connectivity index (χ3n) is 3.37. The van der Waals surface area contributed by atoms with E-state index < -0.39 is 5.97 Å². The highest BCUT2D eigenvalue weighted by atomic mass is 35.5. The molecule has 5 nitrogen and oxygen atoms in total. The molecule has 7 heteroatoms. The zero-order chi connectivity index (χ0) is 17.1. The summed E-state index contributed by atoms with van der Waals surface area (Å²) in [5, 5.41) is 17.5. The van der Waals surface area contributed by atoms with E-state index in [0.717, 1.165) is 34.4 Å². The van der Waals surface area contributed by atoms with E-state index in [1.807, 2.05) is 47.9 Å². The first kappa shape index (κ1) is 16.5. The van der Waals surface area contributed by atoms with Crippen LogP contribution < -0.4 is 4.57 Å². The number of carboxylic acid groups (broad SMARTS) is 1. The first-order valence-corrected chi connectivity index (χ1v) is 8.59. The SMILES string of the molecule is Cc1cccc(-c2[nH]nc(SCC(=O)O)[n+]2-c2ccc(Cl)cc2)c1. The van der Waals surface area contributed by atoms with Crippen LogP contribution >= 0.6 is 23.4 Å². The van der Waals surface area contributed by atoms with E-state index in [2.05, 4.69) is 10.2 Å². The lowest BCUT2D eigenvalue weighted by molar-refractivity contribution is -0.625. The van der Waals surface area contributed by atoms with Crippen molar-refractivity contribution < 1.29 is 14.5 Å². The molecule has 2 aromatic carbocycles. The van der Waals surface area contributed by atoms with Gasteiger partial charge in [-0.1, -0.05) is 29.3 Å². The molecule has 0 aliphatic heterocycles. The summed E-state index contributed by atoms with van der Waals surface area (Å²) >= 11 is 7.14. The molecule has 24 heavy (non-hydrogen) atoms. The van der Waals surface area contributed by atoms with E-state index in [-0.39, 0.29) is 5.75 Å². The Morgan fingerprint density at radius 1 is 1.29 bits per heavy atom. The van der Waals surface area contributed by atoms with Gasteiger partial charge in [0.1, 0.15) is 11.4 Å². The third-order valence-corrected chi connectivity index (χ3v) is 4.55. The number of carbonyl (C=O) groups is 1. The summed E-state index contributed by atoms with van der Waals surface area (Å²) in [4.78, 5) is 10.9. The number of aliphatic carboxylic acids is 1. The van der Waals surface area contributed by atoms with Crippen LogP contribution in [0.25, 0.3) is 17.1 Å². The van der Waals surface area contributed by atoms with Crippen LogP contribution in [0.5, 0.6) is 0 Å². The molecule has 0 saturated heterocycles. The van der Waals surface area contributed by atoms with Gasteiger partial charge in [-0.15, -0.1) is 5.10 Å².